The summed E-state index contributed by atoms with van der Waals surface area (Å²) in [6.45, 7) is 5.85. The van der Waals surface area contributed by atoms with Gasteiger partial charge in [-0.15, -0.1) is 0 Å². The number of esters is 1. The molecule has 0 amide bonds. The lowest BCUT2D eigenvalue weighted by molar-refractivity contribution is -0.148. The van der Waals surface area contributed by atoms with Gasteiger partial charge in [-0.3, -0.25) is 4.79 Å². The van der Waals surface area contributed by atoms with Gasteiger partial charge in [0.05, 0.1) is 18.3 Å². The zero-order valence-corrected chi connectivity index (χ0v) is 12.3. The third-order valence-electron chi connectivity index (χ3n) is 3.04. The third-order valence-corrected chi connectivity index (χ3v) is 4.68. The van der Waals surface area contributed by atoms with Gasteiger partial charge in [-0.05, 0) is 31.5 Å². The first-order chi connectivity index (χ1) is 8.43. The van der Waals surface area contributed by atoms with E-state index in [4.69, 9.17) is 15.2 Å². The van der Waals surface area contributed by atoms with Gasteiger partial charge in [-0.2, -0.15) is 0 Å². The molecule has 1 aromatic carbocycles. The van der Waals surface area contributed by atoms with Crippen LogP contribution in [-0.4, -0.2) is 32.9 Å². The molecule has 0 aliphatic heterocycles. The lowest BCUT2D eigenvalue weighted by atomic mass is 9.85. The van der Waals surface area contributed by atoms with Crippen LogP contribution >= 0.6 is 0 Å². The van der Waals surface area contributed by atoms with Crippen molar-refractivity contribution in [3.63, 3.8) is 0 Å². The van der Waals surface area contributed by atoms with Crippen molar-refractivity contribution in [1.29, 1.82) is 0 Å². The molecule has 5 heteroatoms. The van der Waals surface area contributed by atoms with E-state index in [1.54, 1.807) is 6.92 Å². The van der Waals surface area contributed by atoms with Crippen LogP contribution in [0.4, 0.5) is 0 Å². The van der Waals surface area contributed by atoms with Crippen molar-refractivity contribution in [2.24, 2.45) is 5.40 Å². The summed E-state index contributed by atoms with van der Waals surface area (Å²) < 4.78 is 5.06. The Morgan fingerprint density at radius 2 is 1.94 bits per heavy atom. The van der Waals surface area contributed by atoms with Gasteiger partial charge >= 0.3 is 5.97 Å². The SMILES string of the molecule is CCOC(=O)C(C)(C)c1ccc([Si@H](N)CO)cc1. The molecule has 0 unspecified atom stereocenters. The van der Waals surface area contributed by atoms with Crippen molar-refractivity contribution in [1.82, 2.24) is 0 Å². The standard InChI is InChI=1S/C13H21NO3Si/c1-4-17-12(16)13(2,3)10-5-7-11(8-6-10)18(14)9-15/h5-8,15,18H,4,9,14H2,1-3H3/t18-/m1/s1. The highest BCUT2D eigenvalue weighted by atomic mass is 28.3. The van der Waals surface area contributed by atoms with Crippen molar-refractivity contribution in [3.05, 3.63) is 29.8 Å². The number of hydrogen-bond donors (Lipinski definition) is 2. The monoisotopic (exact) mass is 267 g/mol. The lowest BCUT2D eigenvalue weighted by Gasteiger charge is -2.23. The Labute approximate surface area is 109 Å². The maximum absolute atomic E-state index is 11.9. The second kappa shape index (κ2) is 6.13. The van der Waals surface area contributed by atoms with Gasteiger partial charge < -0.3 is 15.2 Å². The number of rotatable bonds is 5. The van der Waals surface area contributed by atoms with Gasteiger partial charge in [0, 0.05) is 0 Å². The number of nitrogens with two attached hydrogens (primary N) is 1. The van der Waals surface area contributed by atoms with Crippen LogP contribution in [0.5, 0.6) is 0 Å². The molecule has 4 nitrogen and oxygen atoms in total. The Morgan fingerprint density at radius 1 is 1.39 bits per heavy atom. The van der Waals surface area contributed by atoms with E-state index in [1.165, 1.54) is 0 Å². The van der Waals surface area contributed by atoms with Crippen LogP contribution in [0.3, 0.4) is 0 Å². The second-order valence-corrected chi connectivity index (χ2v) is 7.00. The molecule has 3 N–H and O–H groups in total. The van der Waals surface area contributed by atoms with Crippen LogP contribution in [0.15, 0.2) is 24.3 Å². The molecule has 0 spiro atoms. The number of aliphatic hydroxyl groups is 1. The minimum Gasteiger partial charge on any atom is -0.465 e. The minimum absolute atomic E-state index is 0.0423. The fraction of sp³-hybridized carbons (Fsp3) is 0.462. The van der Waals surface area contributed by atoms with Crippen LogP contribution in [0.1, 0.15) is 26.3 Å². The van der Waals surface area contributed by atoms with E-state index in [1.807, 2.05) is 38.1 Å². The van der Waals surface area contributed by atoms with Crippen LogP contribution in [0.2, 0.25) is 0 Å². The van der Waals surface area contributed by atoms with Crippen molar-refractivity contribution < 1.29 is 14.6 Å². The quantitative estimate of drug-likeness (QED) is 0.579. The van der Waals surface area contributed by atoms with Gasteiger partial charge in [0.15, 0.2) is 8.96 Å². The highest BCUT2D eigenvalue weighted by Crippen LogP contribution is 2.24. The van der Waals surface area contributed by atoms with Crippen molar-refractivity contribution in [3.8, 4) is 0 Å². The smallest absolute Gasteiger partial charge is 0.315 e. The van der Waals surface area contributed by atoms with Crippen LogP contribution in [0.25, 0.3) is 0 Å². The number of carbonyl (C=O) groups excluding carboxylic acids is 1. The zero-order valence-electron chi connectivity index (χ0n) is 11.1. The summed E-state index contributed by atoms with van der Waals surface area (Å²) in [5.74, 6) is -0.235. The van der Waals surface area contributed by atoms with Gasteiger partial charge in [-0.1, -0.05) is 24.3 Å². The molecule has 1 aromatic rings. The molecule has 0 aliphatic carbocycles. The van der Waals surface area contributed by atoms with Crippen LogP contribution in [0, 0.1) is 0 Å². The fourth-order valence-corrected chi connectivity index (χ4v) is 2.58. The molecule has 0 fully saturated rings. The minimum atomic E-state index is -1.71. The normalized spacial score (nSPS) is 13.2. The Morgan fingerprint density at radius 3 is 2.39 bits per heavy atom. The molecule has 18 heavy (non-hydrogen) atoms. The number of ether oxygens (including phenoxy) is 1. The van der Waals surface area contributed by atoms with E-state index in [-0.39, 0.29) is 12.2 Å². The summed E-state index contributed by atoms with van der Waals surface area (Å²) in [5.41, 5.74) is 0.225. The summed E-state index contributed by atoms with van der Waals surface area (Å²) in [6, 6.07) is 7.55. The number of carbonyl (C=O) groups is 1. The Bertz CT molecular complexity index is 403. The van der Waals surface area contributed by atoms with E-state index in [0.717, 1.165) is 10.8 Å². The highest BCUT2D eigenvalue weighted by Gasteiger charge is 2.31. The summed E-state index contributed by atoms with van der Waals surface area (Å²) in [5, 5.41) is 15.9. The number of aliphatic hydroxyl groups excluding tert-OH is 1. The molecule has 0 saturated heterocycles. The molecule has 0 aliphatic rings. The average Bonchev–Trinajstić information content (AvgIpc) is 2.38. The van der Waals surface area contributed by atoms with E-state index < -0.39 is 14.4 Å². The molecule has 1 atom stereocenters. The lowest BCUT2D eigenvalue weighted by Crippen LogP contribution is -2.43. The van der Waals surface area contributed by atoms with Gasteiger partial charge in [0.25, 0.3) is 0 Å². The van der Waals surface area contributed by atoms with E-state index in [2.05, 4.69) is 0 Å². The Hall–Kier alpha value is -1.17. The molecule has 100 valence electrons. The van der Waals surface area contributed by atoms with Gasteiger partial charge in [0.1, 0.15) is 0 Å². The zero-order chi connectivity index (χ0) is 13.8. The van der Waals surface area contributed by atoms with Crippen molar-refractivity contribution in [2.45, 2.75) is 26.2 Å². The summed E-state index contributed by atoms with van der Waals surface area (Å²) in [7, 11) is -1.71. The Balaban J connectivity index is 2.93. The van der Waals surface area contributed by atoms with Crippen LogP contribution < -0.4 is 10.6 Å². The summed E-state index contributed by atoms with van der Waals surface area (Å²) >= 11 is 0. The Kier molecular flexibility index (Phi) is 5.07. The van der Waals surface area contributed by atoms with Crippen molar-refractivity contribution >= 4 is 20.1 Å². The molecule has 0 radical (unpaired) electrons. The highest BCUT2D eigenvalue weighted by molar-refractivity contribution is 6.70. The predicted molar refractivity (Wildman–Crippen MR) is 74.2 cm³/mol. The van der Waals surface area contributed by atoms with E-state index in [9.17, 15) is 4.79 Å². The number of hydrogen-bond acceptors (Lipinski definition) is 4. The topological polar surface area (TPSA) is 72.5 Å². The third kappa shape index (κ3) is 3.19. The first kappa shape index (κ1) is 14.9. The second-order valence-electron chi connectivity index (χ2n) is 4.76. The first-order valence-corrected chi connectivity index (χ1v) is 8.13. The van der Waals surface area contributed by atoms with E-state index in [0.29, 0.717) is 6.61 Å². The number of benzene rings is 1. The molecular formula is C13H21NO3Si. The molecule has 0 bridgehead atoms. The van der Waals surface area contributed by atoms with E-state index >= 15 is 0 Å². The van der Waals surface area contributed by atoms with Crippen LogP contribution in [-0.2, 0) is 14.9 Å². The average molecular weight is 267 g/mol. The first-order valence-electron chi connectivity index (χ1n) is 6.07. The summed E-state index contributed by atoms with van der Waals surface area (Å²) in [4.78, 5) is 11.9. The van der Waals surface area contributed by atoms with Gasteiger partial charge in [-0.25, -0.2) is 0 Å². The predicted octanol–water partition coefficient (Wildman–Crippen LogP) is -0.0517. The fourth-order valence-electron chi connectivity index (χ4n) is 1.68. The summed E-state index contributed by atoms with van der Waals surface area (Å²) in [6.07, 6.45) is 0.0423. The van der Waals surface area contributed by atoms with Gasteiger partial charge in [0.2, 0.25) is 0 Å². The van der Waals surface area contributed by atoms with Crippen molar-refractivity contribution in [2.75, 3.05) is 12.8 Å². The molecule has 0 aromatic heterocycles. The molecule has 0 saturated carbocycles. The largest absolute Gasteiger partial charge is 0.465 e. The maximum atomic E-state index is 11.9. The maximum Gasteiger partial charge on any atom is 0.315 e. The molecule has 0 heterocycles. The molecular weight excluding hydrogens is 246 g/mol. The molecule has 1 rings (SSSR count).